The maximum absolute atomic E-state index is 11.7. The van der Waals surface area contributed by atoms with Crippen molar-refractivity contribution in [2.45, 2.75) is 6.42 Å². The lowest BCUT2D eigenvalue weighted by molar-refractivity contribution is 0.0691. The van der Waals surface area contributed by atoms with E-state index in [4.69, 9.17) is 11.6 Å². The van der Waals surface area contributed by atoms with Crippen LogP contribution >= 0.6 is 11.6 Å². The van der Waals surface area contributed by atoms with E-state index in [0.29, 0.717) is 12.0 Å². The summed E-state index contributed by atoms with van der Waals surface area (Å²) in [6.45, 7) is 0. The molecular formula is C16H13ClO3. The summed E-state index contributed by atoms with van der Waals surface area (Å²) in [6.07, 6.45) is 0.464. The standard InChI is InChI=1S/C16H13ClO3/c17-10-14(18)13-8-4-7-12(15(13)16(19)20)9-11-5-2-1-3-6-11/h1-8H,9-10H2,(H,19,20). The molecule has 0 aliphatic rings. The summed E-state index contributed by atoms with van der Waals surface area (Å²) in [5.74, 6) is -1.71. The van der Waals surface area contributed by atoms with Gasteiger partial charge in [0.1, 0.15) is 0 Å². The van der Waals surface area contributed by atoms with Gasteiger partial charge in [0.15, 0.2) is 5.78 Å². The average Bonchev–Trinajstić information content (AvgIpc) is 2.47. The van der Waals surface area contributed by atoms with Gasteiger partial charge in [-0.3, -0.25) is 4.79 Å². The van der Waals surface area contributed by atoms with Crippen molar-refractivity contribution in [3.05, 3.63) is 70.8 Å². The van der Waals surface area contributed by atoms with Crippen LogP contribution in [0.15, 0.2) is 48.5 Å². The molecule has 0 atom stereocenters. The zero-order valence-corrected chi connectivity index (χ0v) is 11.4. The highest BCUT2D eigenvalue weighted by atomic mass is 35.5. The van der Waals surface area contributed by atoms with Crippen molar-refractivity contribution >= 4 is 23.4 Å². The number of Topliss-reactive ketones (excluding diaryl/α,β-unsaturated/α-hetero) is 1. The van der Waals surface area contributed by atoms with Gasteiger partial charge in [-0.2, -0.15) is 0 Å². The Morgan fingerprint density at radius 3 is 2.30 bits per heavy atom. The van der Waals surface area contributed by atoms with E-state index in [0.717, 1.165) is 5.56 Å². The number of halogens is 1. The van der Waals surface area contributed by atoms with E-state index in [1.165, 1.54) is 6.07 Å². The maximum atomic E-state index is 11.7. The Morgan fingerprint density at radius 1 is 1.00 bits per heavy atom. The molecule has 102 valence electrons. The largest absolute Gasteiger partial charge is 0.478 e. The summed E-state index contributed by atoms with van der Waals surface area (Å²) in [7, 11) is 0. The molecule has 0 aliphatic heterocycles. The Hall–Kier alpha value is -2.13. The molecule has 20 heavy (non-hydrogen) atoms. The lowest BCUT2D eigenvalue weighted by Gasteiger charge is -2.10. The summed E-state index contributed by atoms with van der Waals surface area (Å²) >= 11 is 5.53. The smallest absolute Gasteiger partial charge is 0.336 e. The van der Waals surface area contributed by atoms with E-state index >= 15 is 0 Å². The quantitative estimate of drug-likeness (QED) is 0.678. The number of ketones is 1. The van der Waals surface area contributed by atoms with Gasteiger partial charge in [-0.1, -0.05) is 48.5 Å². The number of carbonyl (C=O) groups excluding carboxylic acids is 1. The van der Waals surface area contributed by atoms with Crippen molar-refractivity contribution < 1.29 is 14.7 Å². The van der Waals surface area contributed by atoms with E-state index in [-0.39, 0.29) is 22.8 Å². The summed E-state index contributed by atoms with van der Waals surface area (Å²) in [4.78, 5) is 23.2. The van der Waals surface area contributed by atoms with Gasteiger partial charge in [-0.05, 0) is 17.5 Å². The van der Waals surface area contributed by atoms with Gasteiger partial charge in [-0.15, -0.1) is 11.6 Å². The van der Waals surface area contributed by atoms with Crippen LogP contribution in [-0.2, 0) is 6.42 Å². The Balaban J connectivity index is 2.48. The van der Waals surface area contributed by atoms with Crippen LogP contribution in [0.4, 0.5) is 0 Å². The lowest BCUT2D eigenvalue weighted by Crippen LogP contribution is -2.13. The number of carboxylic acids is 1. The fraction of sp³-hybridized carbons (Fsp3) is 0.125. The maximum Gasteiger partial charge on any atom is 0.336 e. The highest BCUT2D eigenvalue weighted by molar-refractivity contribution is 6.31. The molecule has 1 N–H and O–H groups in total. The first kappa shape index (κ1) is 14.3. The second-order valence-electron chi connectivity index (χ2n) is 4.36. The molecule has 0 bridgehead atoms. The number of hydrogen-bond acceptors (Lipinski definition) is 2. The lowest BCUT2D eigenvalue weighted by atomic mass is 9.94. The molecule has 2 aromatic carbocycles. The fourth-order valence-corrected chi connectivity index (χ4v) is 2.26. The fourth-order valence-electron chi connectivity index (χ4n) is 2.12. The molecule has 0 aromatic heterocycles. The molecule has 0 saturated heterocycles. The predicted octanol–water partition coefficient (Wildman–Crippen LogP) is 3.40. The number of hydrogen-bond donors (Lipinski definition) is 1. The van der Waals surface area contributed by atoms with Crippen LogP contribution in [0, 0.1) is 0 Å². The van der Waals surface area contributed by atoms with Gasteiger partial charge in [0.2, 0.25) is 0 Å². The topological polar surface area (TPSA) is 54.4 Å². The molecular weight excluding hydrogens is 276 g/mol. The van der Waals surface area contributed by atoms with Gasteiger partial charge in [0.25, 0.3) is 0 Å². The van der Waals surface area contributed by atoms with Crippen molar-refractivity contribution in [2.24, 2.45) is 0 Å². The van der Waals surface area contributed by atoms with Gasteiger partial charge < -0.3 is 5.11 Å². The van der Waals surface area contributed by atoms with E-state index in [1.807, 2.05) is 30.3 Å². The first-order chi connectivity index (χ1) is 9.63. The summed E-state index contributed by atoms with van der Waals surface area (Å²) < 4.78 is 0. The van der Waals surface area contributed by atoms with E-state index < -0.39 is 5.97 Å². The Bertz CT molecular complexity index is 635. The van der Waals surface area contributed by atoms with Gasteiger partial charge in [0, 0.05) is 5.56 Å². The highest BCUT2D eigenvalue weighted by Crippen LogP contribution is 2.19. The number of rotatable bonds is 5. The summed E-state index contributed by atoms with van der Waals surface area (Å²) in [5.41, 5.74) is 1.81. The number of aromatic carboxylic acids is 1. The third-order valence-corrected chi connectivity index (χ3v) is 3.27. The summed E-state index contributed by atoms with van der Waals surface area (Å²) in [6, 6.07) is 14.4. The van der Waals surface area contributed by atoms with Gasteiger partial charge in [-0.25, -0.2) is 4.79 Å². The molecule has 0 spiro atoms. The molecule has 0 radical (unpaired) electrons. The van der Waals surface area contributed by atoms with Crippen LogP contribution in [0.2, 0.25) is 0 Å². The minimum atomic E-state index is -1.11. The van der Waals surface area contributed by atoms with Gasteiger partial charge >= 0.3 is 5.97 Å². The van der Waals surface area contributed by atoms with E-state index in [1.54, 1.807) is 12.1 Å². The molecule has 0 unspecified atom stereocenters. The molecule has 0 aliphatic carbocycles. The first-order valence-electron chi connectivity index (χ1n) is 6.11. The predicted molar refractivity (Wildman–Crippen MR) is 77.7 cm³/mol. The zero-order valence-electron chi connectivity index (χ0n) is 10.7. The average molecular weight is 289 g/mol. The summed E-state index contributed by atoms with van der Waals surface area (Å²) in [5, 5.41) is 9.37. The van der Waals surface area contributed by atoms with Crippen molar-refractivity contribution in [3.63, 3.8) is 0 Å². The number of carbonyl (C=O) groups is 2. The van der Waals surface area contributed by atoms with Crippen LogP contribution < -0.4 is 0 Å². The number of benzene rings is 2. The second kappa shape index (κ2) is 6.35. The van der Waals surface area contributed by atoms with Crippen LogP contribution in [0.5, 0.6) is 0 Å². The molecule has 0 fully saturated rings. The monoisotopic (exact) mass is 288 g/mol. The zero-order chi connectivity index (χ0) is 14.5. The Morgan fingerprint density at radius 2 is 1.70 bits per heavy atom. The third kappa shape index (κ3) is 3.06. The van der Waals surface area contributed by atoms with Gasteiger partial charge in [0.05, 0.1) is 11.4 Å². The second-order valence-corrected chi connectivity index (χ2v) is 4.63. The molecule has 0 amide bonds. The number of carboxylic acid groups (broad SMARTS) is 1. The molecule has 0 saturated carbocycles. The van der Waals surface area contributed by atoms with E-state index in [2.05, 4.69) is 0 Å². The van der Waals surface area contributed by atoms with Crippen LogP contribution in [0.3, 0.4) is 0 Å². The van der Waals surface area contributed by atoms with Crippen molar-refractivity contribution in [1.29, 1.82) is 0 Å². The van der Waals surface area contributed by atoms with Crippen LogP contribution in [0.25, 0.3) is 0 Å². The normalized spacial score (nSPS) is 10.2. The highest BCUT2D eigenvalue weighted by Gasteiger charge is 2.19. The molecule has 2 aromatic rings. The van der Waals surface area contributed by atoms with Crippen molar-refractivity contribution in [1.82, 2.24) is 0 Å². The molecule has 2 rings (SSSR count). The SMILES string of the molecule is O=C(CCl)c1cccc(Cc2ccccc2)c1C(=O)O. The van der Waals surface area contributed by atoms with Crippen LogP contribution in [-0.4, -0.2) is 22.7 Å². The van der Waals surface area contributed by atoms with Crippen molar-refractivity contribution in [3.8, 4) is 0 Å². The first-order valence-corrected chi connectivity index (χ1v) is 6.65. The Kier molecular flexibility index (Phi) is 4.53. The minimum absolute atomic E-state index is 0.0435. The molecule has 0 heterocycles. The minimum Gasteiger partial charge on any atom is -0.478 e. The molecule has 3 nitrogen and oxygen atoms in total. The van der Waals surface area contributed by atoms with Crippen LogP contribution in [0.1, 0.15) is 31.8 Å². The Labute approximate surface area is 121 Å². The number of alkyl halides is 1. The molecule has 4 heteroatoms. The van der Waals surface area contributed by atoms with E-state index in [9.17, 15) is 14.7 Å². The third-order valence-electron chi connectivity index (χ3n) is 3.02. The van der Waals surface area contributed by atoms with Crippen molar-refractivity contribution in [2.75, 3.05) is 5.88 Å².